The maximum atomic E-state index is 7.40. The van der Waals surface area contributed by atoms with Gasteiger partial charge in [-0.05, 0) is 71.4 Å². The van der Waals surface area contributed by atoms with E-state index < -0.39 is 0 Å². The minimum Gasteiger partial charge on any atom is -0.462 e. The van der Waals surface area contributed by atoms with Gasteiger partial charge in [0.05, 0.1) is 22.1 Å². The lowest BCUT2D eigenvalue weighted by molar-refractivity contribution is 0.616. The van der Waals surface area contributed by atoms with Gasteiger partial charge in [0.1, 0.15) is 11.8 Å². The van der Waals surface area contributed by atoms with Gasteiger partial charge in [-0.2, -0.15) is 0 Å². The molecule has 0 bridgehead atoms. The minimum atomic E-state index is 0.634. The molecule has 0 aliphatic carbocycles. The van der Waals surface area contributed by atoms with E-state index in [1.54, 1.807) is 0 Å². The summed E-state index contributed by atoms with van der Waals surface area (Å²) in [5.74, 6) is 0. The average molecular weight is 537 g/mol. The topological polar surface area (TPSA) is 19.6 Å². The van der Waals surface area contributed by atoms with Crippen molar-refractivity contribution >= 4 is 67.5 Å². The lowest BCUT2D eigenvalue weighted by Gasteiger charge is -2.30. The quantitative estimate of drug-likeness (QED) is 0.211. The van der Waals surface area contributed by atoms with E-state index in [1.165, 1.54) is 0 Å². The van der Waals surface area contributed by atoms with Gasteiger partial charge in [-0.25, -0.2) is 0 Å². The van der Waals surface area contributed by atoms with E-state index in [-0.39, 0.29) is 0 Å². The molecule has 1 heterocycles. The van der Waals surface area contributed by atoms with Crippen molar-refractivity contribution in [3.63, 3.8) is 0 Å². The second kappa shape index (κ2) is 10.3. The van der Waals surface area contributed by atoms with Gasteiger partial charge in [0, 0.05) is 22.4 Å². The highest BCUT2D eigenvalue weighted by Gasteiger charge is 2.24. The summed E-state index contributed by atoms with van der Waals surface area (Å²) in [6.45, 7) is 0. The monoisotopic (exact) mass is 536 g/mol. The van der Waals surface area contributed by atoms with Gasteiger partial charge in [0.2, 0.25) is 0 Å². The first-order chi connectivity index (χ1) is 19.8. The summed E-state index contributed by atoms with van der Waals surface area (Å²) in [5, 5.41) is 3.95. The van der Waals surface area contributed by atoms with Crippen LogP contribution < -0.4 is 9.80 Å². The van der Waals surface area contributed by atoms with Crippen LogP contribution in [0.15, 0.2) is 156 Å². The largest absolute Gasteiger partial charge is 0.462 e. The number of anilines is 6. The molecule has 0 unspecified atom stereocenters. The SMILES string of the molecule is Clc1c(N(c2ccccc2)c2ccccc2)cccc1N(c1ccccc1)c1coc2cc3ccccc3cc12. The standard InChI is InChI=1S/C36H25ClN2O/c37-36-32(38(28-15-4-1-5-16-28)29-17-6-2-7-18-29)21-12-22-33(36)39(30-19-8-3-9-20-30)34-25-40-35-24-27-14-11-10-13-26(27)23-31(34)35/h1-25H. The van der Waals surface area contributed by atoms with Crippen LogP contribution >= 0.6 is 11.6 Å². The third-order valence-corrected chi connectivity index (χ3v) is 7.53. The highest BCUT2D eigenvalue weighted by molar-refractivity contribution is 6.36. The molecule has 0 amide bonds. The molecule has 7 rings (SSSR count). The van der Waals surface area contributed by atoms with Crippen molar-refractivity contribution in [3.8, 4) is 0 Å². The van der Waals surface area contributed by atoms with Crippen LogP contribution in [0.1, 0.15) is 0 Å². The Hall–Kier alpha value is -4.99. The highest BCUT2D eigenvalue weighted by atomic mass is 35.5. The number of furan rings is 1. The molecule has 40 heavy (non-hydrogen) atoms. The maximum Gasteiger partial charge on any atom is 0.136 e. The van der Waals surface area contributed by atoms with E-state index in [2.05, 4.69) is 94.7 Å². The molecule has 0 spiro atoms. The molecule has 0 aliphatic heterocycles. The molecule has 6 aromatic carbocycles. The fraction of sp³-hybridized carbons (Fsp3) is 0. The Labute approximate surface area is 238 Å². The normalized spacial score (nSPS) is 11.1. The summed E-state index contributed by atoms with van der Waals surface area (Å²) in [6, 6.07) is 49.7. The van der Waals surface area contributed by atoms with Crippen LogP contribution in [-0.4, -0.2) is 0 Å². The van der Waals surface area contributed by atoms with E-state index in [0.29, 0.717) is 5.02 Å². The third kappa shape index (κ3) is 4.27. The van der Waals surface area contributed by atoms with Crippen LogP contribution in [0.4, 0.5) is 34.1 Å². The molecule has 0 saturated heterocycles. The van der Waals surface area contributed by atoms with Crippen molar-refractivity contribution in [1.29, 1.82) is 0 Å². The molecule has 0 aliphatic rings. The summed E-state index contributed by atoms with van der Waals surface area (Å²) in [5.41, 5.74) is 6.55. The first-order valence-electron chi connectivity index (χ1n) is 13.2. The second-order valence-corrected chi connectivity index (χ2v) is 9.98. The van der Waals surface area contributed by atoms with Gasteiger partial charge >= 0.3 is 0 Å². The van der Waals surface area contributed by atoms with Gasteiger partial charge in [0.25, 0.3) is 0 Å². The van der Waals surface area contributed by atoms with Crippen LogP contribution in [0.25, 0.3) is 21.7 Å². The Morgan fingerprint density at radius 1 is 0.450 bits per heavy atom. The predicted octanol–water partition coefficient (Wildman–Crippen LogP) is 11.2. The van der Waals surface area contributed by atoms with Crippen molar-refractivity contribution in [2.45, 2.75) is 0 Å². The van der Waals surface area contributed by atoms with E-state index in [9.17, 15) is 0 Å². The van der Waals surface area contributed by atoms with Gasteiger partial charge in [-0.1, -0.05) is 96.5 Å². The summed E-state index contributed by atoms with van der Waals surface area (Å²) in [4.78, 5) is 4.37. The van der Waals surface area contributed by atoms with E-state index in [1.807, 2.05) is 66.9 Å². The first-order valence-corrected chi connectivity index (χ1v) is 13.6. The number of para-hydroxylation sites is 3. The zero-order valence-electron chi connectivity index (χ0n) is 21.6. The van der Waals surface area contributed by atoms with E-state index in [4.69, 9.17) is 16.0 Å². The van der Waals surface area contributed by atoms with Gasteiger partial charge < -0.3 is 14.2 Å². The van der Waals surface area contributed by atoms with Crippen molar-refractivity contribution in [1.82, 2.24) is 0 Å². The lowest BCUT2D eigenvalue weighted by atomic mass is 10.1. The molecule has 4 heteroatoms. The Kier molecular flexibility index (Phi) is 6.19. The summed E-state index contributed by atoms with van der Waals surface area (Å²) >= 11 is 7.40. The van der Waals surface area contributed by atoms with Crippen LogP contribution in [0.5, 0.6) is 0 Å². The molecule has 3 nitrogen and oxygen atoms in total. The zero-order valence-corrected chi connectivity index (χ0v) is 22.4. The highest BCUT2D eigenvalue weighted by Crippen LogP contribution is 2.48. The minimum absolute atomic E-state index is 0.634. The van der Waals surface area contributed by atoms with Gasteiger partial charge in [-0.3, -0.25) is 0 Å². The summed E-state index contributed by atoms with van der Waals surface area (Å²) in [7, 11) is 0. The first kappa shape index (κ1) is 24.1. The van der Waals surface area contributed by atoms with Gasteiger partial charge in [-0.15, -0.1) is 0 Å². The molecule has 1 aromatic heterocycles. The number of fused-ring (bicyclic) bond motifs is 2. The summed E-state index contributed by atoms with van der Waals surface area (Å²) in [6.07, 6.45) is 1.83. The van der Waals surface area contributed by atoms with Crippen molar-refractivity contribution in [2.75, 3.05) is 9.80 Å². The number of halogens is 1. The van der Waals surface area contributed by atoms with Crippen molar-refractivity contribution in [2.24, 2.45) is 0 Å². The van der Waals surface area contributed by atoms with Crippen molar-refractivity contribution in [3.05, 3.63) is 157 Å². The Bertz CT molecular complexity index is 1880. The molecular formula is C36H25ClN2O. The third-order valence-electron chi connectivity index (χ3n) is 7.15. The van der Waals surface area contributed by atoms with Gasteiger partial charge in [0.15, 0.2) is 0 Å². The molecule has 7 aromatic rings. The van der Waals surface area contributed by atoms with Crippen LogP contribution in [0.3, 0.4) is 0 Å². The molecule has 0 atom stereocenters. The number of benzene rings is 6. The fourth-order valence-electron chi connectivity index (χ4n) is 5.29. The molecular weight excluding hydrogens is 512 g/mol. The molecule has 192 valence electrons. The predicted molar refractivity (Wildman–Crippen MR) is 168 cm³/mol. The van der Waals surface area contributed by atoms with Crippen LogP contribution in [-0.2, 0) is 0 Å². The molecule has 0 saturated carbocycles. The summed E-state index contributed by atoms with van der Waals surface area (Å²) < 4.78 is 6.14. The number of hydrogen-bond donors (Lipinski definition) is 0. The number of nitrogens with zero attached hydrogens (tertiary/aromatic N) is 2. The Morgan fingerprint density at radius 2 is 0.925 bits per heavy atom. The van der Waals surface area contributed by atoms with Crippen LogP contribution in [0, 0.1) is 0 Å². The molecule has 0 N–H and O–H groups in total. The maximum absolute atomic E-state index is 7.40. The Morgan fingerprint density at radius 3 is 1.50 bits per heavy atom. The van der Waals surface area contributed by atoms with E-state index >= 15 is 0 Å². The number of hydrogen-bond acceptors (Lipinski definition) is 3. The second-order valence-electron chi connectivity index (χ2n) is 9.60. The Balaban J connectivity index is 1.45. The number of rotatable bonds is 6. The van der Waals surface area contributed by atoms with E-state index in [0.717, 1.165) is 55.9 Å². The molecule has 0 fully saturated rings. The van der Waals surface area contributed by atoms with Crippen LogP contribution in [0.2, 0.25) is 5.02 Å². The fourth-order valence-corrected chi connectivity index (χ4v) is 5.59. The lowest BCUT2D eigenvalue weighted by Crippen LogP contribution is -2.14. The van der Waals surface area contributed by atoms with Crippen molar-refractivity contribution < 1.29 is 4.42 Å². The smallest absolute Gasteiger partial charge is 0.136 e. The average Bonchev–Trinajstić information content (AvgIpc) is 3.42. The molecule has 0 radical (unpaired) electrons. The zero-order chi connectivity index (χ0) is 26.9.